The second-order valence-electron chi connectivity index (χ2n) is 3.64. The average Bonchev–Trinajstić information content (AvgIpc) is 2.93. The fourth-order valence-corrected chi connectivity index (χ4v) is 1.44. The Bertz CT molecular complexity index is 649. The maximum absolute atomic E-state index is 8.72. The average molecular weight is 253 g/mol. The van der Waals surface area contributed by atoms with Gasteiger partial charge in [0.1, 0.15) is 6.07 Å². The maximum Gasteiger partial charge on any atom is 0.201 e. The van der Waals surface area contributed by atoms with Crippen LogP contribution in [-0.2, 0) is 0 Å². The Kier molecular flexibility index (Phi) is 3.54. The number of anilines is 1. The second kappa shape index (κ2) is 5.46. The summed E-state index contributed by atoms with van der Waals surface area (Å²) in [6.45, 7) is 0. The first-order chi connectivity index (χ1) is 9.20. The molecule has 5 N–H and O–H groups in total. The van der Waals surface area contributed by atoms with Gasteiger partial charge in [-0.05, 0) is 12.1 Å². The lowest BCUT2D eigenvalue weighted by Gasteiger charge is -2.03. The van der Waals surface area contributed by atoms with Crippen molar-refractivity contribution >= 4 is 17.2 Å². The third-order valence-corrected chi connectivity index (χ3v) is 2.33. The Morgan fingerprint density at radius 3 is 3.00 bits per heavy atom. The first kappa shape index (κ1) is 12.3. The molecule has 94 valence electrons. The van der Waals surface area contributed by atoms with Crippen LogP contribution >= 0.6 is 0 Å². The summed E-state index contributed by atoms with van der Waals surface area (Å²) in [5.74, 6) is -0.375. The Balaban J connectivity index is 2.21. The van der Waals surface area contributed by atoms with Gasteiger partial charge in [0.05, 0.1) is 23.9 Å². The standard InChI is InChI=1S/C12H11N7/c13-5-10(12(14)15)19-18-9-3-1-2-8(4-9)11-6-16-7-17-11/h1-4,6-7,18H,(H3,14,15)(H,16,17)/b19-10+. The van der Waals surface area contributed by atoms with Crippen LogP contribution in [0.15, 0.2) is 41.9 Å². The molecule has 0 saturated heterocycles. The van der Waals surface area contributed by atoms with Crippen molar-refractivity contribution < 1.29 is 0 Å². The molecule has 2 rings (SSSR count). The summed E-state index contributed by atoms with van der Waals surface area (Å²) in [6, 6.07) is 9.12. The van der Waals surface area contributed by atoms with Gasteiger partial charge in [0, 0.05) is 5.56 Å². The Morgan fingerprint density at radius 2 is 2.37 bits per heavy atom. The summed E-state index contributed by atoms with van der Waals surface area (Å²) in [4.78, 5) is 6.94. The lowest BCUT2D eigenvalue weighted by atomic mass is 10.1. The van der Waals surface area contributed by atoms with Gasteiger partial charge >= 0.3 is 0 Å². The van der Waals surface area contributed by atoms with Gasteiger partial charge in [-0.15, -0.1) is 0 Å². The van der Waals surface area contributed by atoms with E-state index in [0.29, 0.717) is 5.69 Å². The zero-order valence-electron chi connectivity index (χ0n) is 9.88. The first-order valence-corrected chi connectivity index (χ1v) is 5.37. The monoisotopic (exact) mass is 253 g/mol. The predicted molar refractivity (Wildman–Crippen MR) is 72.6 cm³/mol. The molecule has 0 spiro atoms. The molecule has 1 aromatic carbocycles. The van der Waals surface area contributed by atoms with E-state index in [-0.39, 0.29) is 11.5 Å². The van der Waals surface area contributed by atoms with Crippen molar-refractivity contribution in [3.05, 3.63) is 36.8 Å². The maximum atomic E-state index is 8.72. The summed E-state index contributed by atoms with van der Waals surface area (Å²) in [5, 5.41) is 19.6. The summed E-state index contributed by atoms with van der Waals surface area (Å²) in [7, 11) is 0. The molecule has 0 fully saturated rings. The number of hydrazone groups is 1. The predicted octanol–water partition coefficient (Wildman–Crippen LogP) is 1.30. The number of nitrogens with two attached hydrogens (primary N) is 1. The zero-order valence-corrected chi connectivity index (χ0v) is 9.88. The summed E-state index contributed by atoms with van der Waals surface area (Å²) >= 11 is 0. The second-order valence-corrected chi connectivity index (χ2v) is 3.64. The van der Waals surface area contributed by atoms with E-state index in [1.54, 1.807) is 24.7 Å². The molecule has 1 heterocycles. The molecule has 0 aliphatic carbocycles. The minimum atomic E-state index is -0.375. The third kappa shape index (κ3) is 2.95. The highest BCUT2D eigenvalue weighted by Gasteiger charge is 2.02. The molecular formula is C12H11N7. The van der Waals surface area contributed by atoms with E-state index in [4.69, 9.17) is 16.4 Å². The van der Waals surface area contributed by atoms with E-state index in [1.807, 2.05) is 18.2 Å². The van der Waals surface area contributed by atoms with Gasteiger partial charge in [0.2, 0.25) is 5.71 Å². The van der Waals surface area contributed by atoms with E-state index in [9.17, 15) is 0 Å². The van der Waals surface area contributed by atoms with E-state index in [1.165, 1.54) is 0 Å². The van der Waals surface area contributed by atoms with Gasteiger partial charge in [-0.1, -0.05) is 12.1 Å². The van der Waals surface area contributed by atoms with Crippen LogP contribution in [0.4, 0.5) is 5.69 Å². The normalized spacial score (nSPS) is 10.8. The van der Waals surface area contributed by atoms with Crippen molar-refractivity contribution in [2.75, 3.05) is 5.43 Å². The van der Waals surface area contributed by atoms with Crippen LogP contribution < -0.4 is 11.2 Å². The number of benzene rings is 1. The van der Waals surface area contributed by atoms with Crippen molar-refractivity contribution in [3.63, 3.8) is 0 Å². The molecule has 0 unspecified atom stereocenters. The lowest BCUT2D eigenvalue weighted by Crippen LogP contribution is -2.21. The number of rotatable bonds is 4. The number of hydrogen-bond donors (Lipinski definition) is 4. The number of H-pyrrole nitrogens is 1. The minimum absolute atomic E-state index is 0.160. The molecule has 1 aromatic heterocycles. The van der Waals surface area contributed by atoms with E-state index in [0.717, 1.165) is 11.3 Å². The molecule has 0 atom stereocenters. The number of hydrogen-bond acceptors (Lipinski definition) is 5. The van der Waals surface area contributed by atoms with Crippen molar-refractivity contribution in [1.29, 1.82) is 10.7 Å². The number of aromatic amines is 1. The van der Waals surface area contributed by atoms with Crippen LogP contribution in [-0.4, -0.2) is 21.5 Å². The Morgan fingerprint density at radius 1 is 1.53 bits per heavy atom. The molecule has 0 saturated carbocycles. The Labute approximate surface area is 109 Å². The summed E-state index contributed by atoms with van der Waals surface area (Å²) in [5.41, 5.74) is 10.2. The first-order valence-electron chi connectivity index (χ1n) is 5.37. The fourth-order valence-electron chi connectivity index (χ4n) is 1.44. The van der Waals surface area contributed by atoms with Crippen LogP contribution in [0.3, 0.4) is 0 Å². The quantitative estimate of drug-likeness (QED) is 0.372. The lowest BCUT2D eigenvalue weighted by molar-refractivity contribution is 1.31. The molecule has 0 aliphatic heterocycles. The van der Waals surface area contributed by atoms with E-state index < -0.39 is 0 Å². The molecule has 7 nitrogen and oxygen atoms in total. The van der Waals surface area contributed by atoms with Gasteiger partial charge in [0.15, 0.2) is 5.84 Å². The molecule has 0 radical (unpaired) electrons. The van der Waals surface area contributed by atoms with Gasteiger partial charge in [-0.3, -0.25) is 10.8 Å². The molecule has 0 aliphatic rings. The highest BCUT2D eigenvalue weighted by molar-refractivity contribution is 6.45. The van der Waals surface area contributed by atoms with E-state index >= 15 is 0 Å². The molecule has 2 aromatic rings. The van der Waals surface area contributed by atoms with Gasteiger partial charge in [-0.25, -0.2) is 4.98 Å². The molecule has 19 heavy (non-hydrogen) atoms. The Hall–Kier alpha value is -3.14. The van der Waals surface area contributed by atoms with Crippen LogP contribution in [0.5, 0.6) is 0 Å². The third-order valence-electron chi connectivity index (χ3n) is 2.33. The summed E-state index contributed by atoms with van der Waals surface area (Å²) in [6.07, 6.45) is 3.30. The minimum Gasteiger partial charge on any atom is -0.382 e. The highest BCUT2D eigenvalue weighted by atomic mass is 15.3. The number of aromatic nitrogens is 2. The van der Waals surface area contributed by atoms with Crippen LogP contribution in [0, 0.1) is 16.7 Å². The number of amidine groups is 1. The van der Waals surface area contributed by atoms with Crippen LogP contribution in [0.1, 0.15) is 0 Å². The summed E-state index contributed by atoms with van der Waals surface area (Å²) < 4.78 is 0. The van der Waals surface area contributed by atoms with Gasteiger partial charge in [0.25, 0.3) is 0 Å². The largest absolute Gasteiger partial charge is 0.382 e. The fraction of sp³-hybridized carbons (Fsp3) is 0. The van der Waals surface area contributed by atoms with Crippen molar-refractivity contribution in [2.45, 2.75) is 0 Å². The molecule has 7 heteroatoms. The number of nitrogens with one attached hydrogen (secondary N) is 3. The smallest absolute Gasteiger partial charge is 0.201 e. The SMILES string of the molecule is N#C/C(=N\Nc1cccc(-c2cnc[nH]2)c1)C(=N)N. The number of nitrogens with zero attached hydrogens (tertiary/aromatic N) is 3. The topological polar surface area (TPSA) is 127 Å². The molecule has 0 bridgehead atoms. The molecule has 0 amide bonds. The van der Waals surface area contributed by atoms with Crippen molar-refractivity contribution in [2.24, 2.45) is 10.8 Å². The van der Waals surface area contributed by atoms with Crippen LogP contribution in [0.2, 0.25) is 0 Å². The number of imidazole rings is 1. The van der Waals surface area contributed by atoms with Gasteiger partial charge in [-0.2, -0.15) is 10.4 Å². The highest BCUT2D eigenvalue weighted by Crippen LogP contribution is 2.19. The van der Waals surface area contributed by atoms with E-state index in [2.05, 4.69) is 20.5 Å². The van der Waals surface area contributed by atoms with Crippen LogP contribution in [0.25, 0.3) is 11.3 Å². The van der Waals surface area contributed by atoms with Gasteiger partial charge < -0.3 is 10.7 Å². The zero-order chi connectivity index (χ0) is 13.7. The van der Waals surface area contributed by atoms with Crippen molar-refractivity contribution in [3.8, 4) is 17.3 Å². The van der Waals surface area contributed by atoms with Crippen molar-refractivity contribution in [1.82, 2.24) is 9.97 Å². The number of nitriles is 1. The molecular weight excluding hydrogens is 242 g/mol.